The van der Waals surface area contributed by atoms with Crippen LogP contribution >= 0.6 is 23.1 Å². The summed E-state index contributed by atoms with van der Waals surface area (Å²) in [6, 6.07) is 11.5. The highest BCUT2D eigenvalue weighted by molar-refractivity contribution is 7.99. The molecule has 3 aromatic rings. The van der Waals surface area contributed by atoms with Crippen molar-refractivity contribution < 1.29 is 9.53 Å². The van der Waals surface area contributed by atoms with Gasteiger partial charge in [-0.25, -0.2) is 4.98 Å². The van der Waals surface area contributed by atoms with Crippen LogP contribution in [0.5, 0.6) is 5.75 Å². The Hall–Kier alpha value is -2.45. The van der Waals surface area contributed by atoms with Gasteiger partial charge in [0.15, 0.2) is 5.13 Å². The van der Waals surface area contributed by atoms with Gasteiger partial charge >= 0.3 is 0 Å². The number of carbonyl (C=O) groups is 1. The van der Waals surface area contributed by atoms with Crippen LogP contribution in [0.15, 0.2) is 53.0 Å². The molecule has 0 radical (unpaired) electrons. The first-order valence-corrected chi connectivity index (χ1v) is 9.50. The Bertz CT molecular complexity index is 806. The number of amides is 1. The summed E-state index contributed by atoms with van der Waals surface area (Å²) in [6.45, 7) is 2.59. The van der Waals surface area contributed by atoms with Gasteiger partial charge in [-0.1, -0.05) is 11.8 Å². The second-order valence-corrected chi connectivity index (χ2v) is 6.78. The van der Waals surface area contributed by atoms with E-state index in [-0.39, 0.29) is 11.7 Å². The van der Waals surface area contributed by atoms with Crippen molar-refractivity contribution in [1.29, 1.82) is 0 Å². The molecule has 6 nitrogen and oxygen atoms in total. The number of nitrogens with one attached hydrogen (secondary N) is 1. The maximum atomic E-state index is 11.8. The molecule has 0 aliphatic rings. The van der Waals surface area contributed by atoms with Crippen molar-refractivity contribution in [3.8, 4) is 17.0 Å². The van der Waals surface area contributed by atoms with Crippen molar-refractivity contribution in [3.05, 3.63) is 48.0 Å². The molecule has 1 N–H and O–H groups in total. The van der Waals surface area contributed by atoms with Crippen LogP contribution in [0, 0.1) is 0 Å². The van der Waals surface area contributed by atoms with Crippen LogP contribution in [-0.2, 0) is 4.79 Å². The van der Waals surface area contributed by atoms with Gasteiger partial charge in [0.25, 0.3) is 0 Å². The summed E-state index contributed by atoms with van der Waals surface area (Å²) in [6.07, 6.45) is 1.65. The Morgan fingerprint density at radius 2 is 2.04 bits per heavy atom. The van der Waals surface area contributed by atoms with Gasteiger partial charge in [-0.3, -0.25) is 4.79 Å². The summed E-state index contributed by atoms with van der Waals surface area (Å²) in [5, 5.41) is 14.2. The number of anilines is 1. The highest BCUT2D eigenvalue weighted by atomic mass is 32.2. The predicted octanol–water partition coefficient (Wildman–Crippen LogP) is 3.73. The second kappa shape index (κ2) is 8.59. The molecule has 0 fully saturated rings. The molecule has 0 spiro atoms. The maximum absolute atomic E-state index is 11.8. The van der Waals surface area contributed by atoms with E-state index in [0.29, 0.717) is 16.8 Å². The van der Waals surface area contributed by atoms with Gasteiger partial charge in [0.05, 0.1) is 18.1 Å². The minimum atomic E-state index is -0.114. The molecule has 0 atom stereocenters. The first kappa shape index (κ1) is 17.4. The Morgan fingerprint density at radius 1 is 1.20 bits per heavy atom. The number of thiazole rings is 1. The third-order valence-corrected chi connectivity index (χ3v) is 4.74. The smallest absolute Gasteiger partial charge is 0.236 e. The fraction of sp³-hybridized carbons (Fsp3) is 0.176. The van der Waals surface area contributed by atoms with E-state index < -0.39 is 0 Å². The summed E-state index contributed by atoms with van der Waals surface area (Å²) < 4.78 is 5.43. The largest absolute Gasteiger partial charge is 0.494 e. The van der Waals surface area contributed by atoms with E-state index in [1.165, 1.54) is 23.1 Å². The van der Waals surface area contributed by atoms with Gasteiger partial charge in [-0.15, -0.1) is 21.5 Å². The standard InChI is InChI=1S/C17H16N4O2S2/c1-2-23-13-5-3-12(4-6-13)14-7-8-16(21-20-14)25-11-15(22)19-17-18-9-10-24-17/h3-10H,2,11H2,1H3,(H,18,19,22). The van der Waals surface area contributed by atoms with Crippen LogP contribution in [-0.4, -0.2) is 33.4 Å². The second-order valence-electron chi connectivity index (χ2n) is 4.89. The Balaban J connectivity index is 1.55. The Labute approximate surface area is 153 Å². The zero-order valence-corrected chi connectivity index (χ0v) is 15.1. The molecule has 8 heteroatoms. The van der Waals surface area contributed by atoms with Crippen LogP contribution in [0.2, 0.25) is 0 Å². The normalized spacial score (nSPS) is 10.4. The fourth-order valence-electron chi connectivity index (χ4n) is 2.02. The minimum absolute atomic E-state index is 0.114. The number of thioether (sulfide) groups is 1. The van der Waals surface area contributed by atoms with Crippen LogP contribution in [0.4, 0.5) is 5.13 Å². The lowest BCUT2D eigenvalue weighted by molar-refractivity contribution is -0.113. The molecule has 3 rings (SSSR count). The molecular formula is C17H16N4O2S2. The van der Waals surface area contributed by atoms with Crippen molar-refractivity contribution in [1.82, 2.24) is 15.2 Å². The van der Waals surface area contributed by atoms with Crippen molar-refractivity contribution in [3.63, 3.8) is 0 Å². The number of benzene rings is 1. The summed E-state index contributed by atoms with van der Waals surface area (Å²) in [7, 11) is 0. The van der Waals surface area contributed by atoms with Gasteiger partial charge in [-0.2, -0.15) is 0 Å². The first-order valence-electron chi connectivity index (χ1n) is 7.63. The molecule has 0 saturated heterocycles. The van der Waals surface area contributed by atoms with E-state index in [0.717, 1.165) is 17.0 Å². The first-order chi connectivity index (χ1) is 12.2. The van der Waals surface area contributed by atoms with Crippen LogP contribution in [0.1, 0.15) is 6.92 Å². The number of carbonyl (C=O) groups excluding carboxylic acids is 1. The molecular weight excluding hydrogens is 356 g/mol. The monoisotopic (exact) mass is 372 g/mol. The van der Waals surface area contributed by atoms with Gasteiger partial charge in [0, 0.05) is 17.1 Å². The van der Waals surface area contributed by atoms with Crippen molar-refractivity contribution in [2.24, 2.45) is 0 Å². The van der Waals surface area contributed by atoms with Crippen molar-refractivity contribution in [2.45, 2.75) is 11.9 Å². The van der Waals surface area contributed by atoms with Crippen molar-refractivity contribution >= 4 is 34.1 Å². The van der Waals surface area contributed by atoms with E-state index in [1.807, 2.05) is 48.7 Å². The molecule has 0 saturated carbocycles. The molecule has 1 amide bonds. The lowest BCUT2D eigenvalue weighted by Gasteiger charge is -2.05. The topological polar surface area (TPSA) is 77.0 Å². The highest BCUT2D eigenvalue weighted by Gasteiger charge is 2.07. The van der Waals surface area contributed by atoms with Crippen LogP contribution in [0.3, 0.4) is 0 Å². The molecule has 128 valence electrons. The van der Waals surface area contributed by atoms with Crippen LogP contribution in [0.25, 0.3) is 11.3 Å². The van der Waals surface area contributed by atoms with Gasteiger partial charge in [0.1, 0.15) is 10.8 Å². The summed E-state index contributed by atoms with van der Waals surface area (Å²) >= 11 is 2.72. The van der Waals surface area contributed by atoms with E-state index in [4.69, 9.17) is 4.74 Å². The fourth-order valence-corrected chi connectivity index (χ4v) is 3.18. The number of nitrogens with zero attached hydrogens (tertiary/aromatic N) is 3. The quantitative estimate of drug-likeness (QED) is 0.637. The van der Waals surface area contributed by atoms with Crippen molar-refractivity contribution in [2.75, 3.05) is 17.7 Å². The molecule has 1 aromatic carbocycles. The zero-order valence-electron chi connectivity index (χ0n) is 13.5. The summed E-state index contributed by atoms with van der Waals surface area (Å²) in [5.74, 6) is 0.978. The molecule has 2 heterocycles. The SMILES string of the molecule is CCOc1ccc(-c2ccc(SCC(=O)Nc3nccs3)nn2)cc1. The minimum Gasteiger partial charge on any atom is -0.494 e. The van der Waals surface area contributed by atoms with E-state index >= 15 is 0 Å². The van der Waals surface area contributed by atoms with E-state index in [1.54, 1.807) is 6.20 Å². The average Bonchev–Trinajstić information content (AvgIpc) is 3.14. The average molecular weight is 372 g/mol. The maximum Gasteiger partial charge on any atom is 0.236 e. The van der Waals surface area contributed by atoms with E-state index in [9.17, 15) is 4.79 Å². The molecule has 2 aromatic heterocycles. The molecule has 0 unspecified atom stereocenters. The molecule has 0 aliphatic carbocycles. The molecule has 25 heavy (non-hydrogen) atoms. The lowest BCUT2D eigenvalue weighted by Crippen LogP contribution is -2.13. The number of ether oxygens (including phenoxy) is 1. The van der Waals surface area contributed by atoms with Gasteiger partial charge < -0.3 is 10.1 Å². The van der Waals surface area contributed by atoms with Crippen LogP contribution < -0.4 is 10.1 Å². The third-order valence-electron chi connectivity index (χ3n) is 3.13. The third kappa shape index (κ3) is 5.01. The number of rotatable bonds is 7. The zero-order chi connectivity index (χ0) is 17.5. The summed E-state index contributed by atoms with van der Waals surface area (Å²) in [4.78, 5) is 15.8. The van der Waals surface area contributed by atoms with E-state index in [2.05, 4.69) is 20.5 Å². The number of aromatic nitrogens is 3. The molecule has 0 bridgehead atoms. The van der Waals surface area contributed by atoms with Gasteiger partial charge in [0.2, 0.25) is 5.91 Å². The Kier molecular flexibility index (Phi) is 5.97. The molecule has 0 aliphatic heterocycles. The predicted molar refractivity (Wildman–Crippen MR) is 100 cm³/mol. The summed E-state index contributed by atoms with van der Waals surface area (Å²) in [5.41, 5.74) is 1.74. The van der Waals surface area contributed by atoms with Gasteiger partial charge in [-0.05, 0) is 43.3 Å². The Morgan fingerprint density at radius 3 is 2.68 bits per heavy atom. The lowest BCUT2D eigenvalue weighted by atomic mass is 10.1. The highest BCUT2D eigenvalue weighted by Crippen LogP contribution is 2.22. The number of hydrogen-bond donors (Lipinski definition) is 1. The number of hydrogen-bond acceptors (Lipinski definition) is 7.